The maximum atomic E-state index is 12.5. The van der Waals surface area contributed by atoms with E-state index in [2.05, 4.69) is 20.0 Å². The summed E-state index contributed by atoms with van der Waals surface area (Å²) >= 11 is 0. The summed E-state index contributed by atoms with van der Waals surface area (Å²) in [6.45, 7) is 1.71. The summed E-state index contributed by atoms with van der Waals surface area (Å²) in [5.41, 5.74) is 0.466. The normalized spacial score (nSPS) is 17.0. The summed E-state index contributed by atoms with van der Waals surface area (Å²) in [5, 5.41) is 3.03. The molecule has 0 saturated heterocycles. The van der Waals surface area contributed by atoms with Gasteiger partial charge in [-0.15, -0.1) is 0 Å². The fraction of sp³-hybridized carbons (Fsp3) is 0.444. The van der Waals surface area contributed by atoms with E-state index < -0.39 is 16.1 Å². The zero-order valence-corrected chi connectivity index (χ0v) is 15.6. The molecule has 1 aromatic carbocycles. The van der Waals surface area contributed by atoms with E-state index >= 15 is 0 Å². The monoisotopic (exact) mass is 376 g/mol. The Morgan fingerprint density at radius 3 is 2.50 bits per heavy atom. The van der Waals surface area contributed by atoms with E-state index in [9.17, 15) is 13.2 Å². The first kappa shape index (κ1) is 18.6. The van der Waals surface area contributed by atoms with Crippen LogP contribution in [0.4, 0.5) is 0 Å². The number of aromatic nitrogens is 2. The van der Waals surface area contributed by atoms with Crippen molar-refractivity contribution < 1.29 is 13.2 Å². The number of nitrogens with one attached hydrogen (secondary N) is 3. The lowest BCUT2D eigenvalue weighted by atomic mass is 9.95. The van der Waals surface area contributed by atoms with E-state index in [0.717, 1.165) is 25.7 Å². The van der Waals surface area contributed by atoms with E-state index in [4.69, 9.17) is 0 Å². The predicted octanol–water partition coefficient (Wildman–Crippen LogP) is 2.51. The first-order valence-electron chi connectivity index (χ1n) is 8.88. The number of imidazole rings is 1. The number of aromatic amines is 1. The third-order valence-electron chi connectivity index (χ3n) is 4.63. The molecule has 7 nitrogen and oxygen atoms in total. The molecular weight excluding hydrogens is 352 g/mol. The lowest BCUT2D eigenvalue weighted by Gasteiger charge is -2.22. The lowest BCUT2D eigenvalue weighted by Crippen LogP contribution is -2.36. The predicted molar refractivity (Wildman–Crippen MR) is 98.1 cm³/mol. The molecule has 1 aliphatic rings. The SMILES string of the molecule is CC(NS(=O)(=O)c1ccc(C(=O)NC2CCCCC2)cc1)c1ncc[nH]1. The van der Waals surface area contributed by atoms with Crippen LogP contribution in [0.15, 0.2) is 41.6 Å². The van der Waals surface area contributed by atoms with Gasteiger partial charge in [-0.05, 0) is 44.0 Å². The van der Waals surface area contributed by atoms with Crippen molar-refractivity contribution >= 4 is 15.9 Å². The molecular formula is C18H24N4O3S. The molecule has 140 valence electrons. The Hall–Kier alpha value is -2.19. The minimum absolute atomic E-state index is 0.116. The van der Waals surface area contributed by atoms with Crippen LogP contribution in [-0.2, 0) is 10.0 Å². The zero-order chi connectivity index (χ0) is 18.6. The number of H-pyrrole nitrogens is 1. The summed E-state index contributed by atoms with van der Waals surface area (Å²) in [7, 11) is -3.70. The van der Waals surface area contributed by atoms with E-state index in [1.165, 1.54) is 18.6 Å². The summed E-state index contributed by atoms with van der Waals surface area (Å²) < 4.78 is 27.5. The molecule has 8 heteroatoms. The molecule has 1 atom stereocenters. The van der Waals surface area contributed by atoms with Crippen molar-refractivity contribution in [3.8, 4) is 0 Å². The summed E-state index contributed by atoms with van der Waals surface area (Å²) in [6.07, 6.45) is 8.73. The van der Waals surface area contributed by atoms with Gasteiger partial charge in [-0.1, -0.05) is 19.3 Å². The van der Waals surface area contributed by atoms with E-state index in [1.54, 1.807) is 31.5 Å². The molecule has 26 heavy (non-hydrogen) atoms. The molecule has 3 N–H and O–H groups in total. The third kappa shape index (κ3) is 4.50. The Morgan fingerprint density at radius 2 is 1.88 bits per heavy atom. The number of carbonyl (C=O) groups excluding carboxylic acids is 1. The molecule has 1 amide bonds. The minimum Gasteiger partial charge on any atom is -0.349 e. The second-order valence-corrected chi connectivity index (χ2v) is 8.36. The molecule has 1 fully saturated rings. The highest BCUT2D eigenvalue weighted by atomic mass is 32.2. The van der Waals surface area contributed by atoms with Gasteiger partial charge in [-0.2, -0.15) is 0 Å². The highest BCUT2D eigenvalue weighted by Crippen LogP contribution is 2.19. The minimum atomic E-state index is -3.70. The number of rotatable bonds is 6. The van der Waals surface area contributed by atoms with Crippen LogP contribution in [0.5, 0.6) is 0 Å². The molecule has 1 aliphatic carbocycles. The molecule has 1 saturated carbocycles. The van der Waals surface area contributed by atoms with Gasteiger partial charge in [0, 0.05) is 24.0 Å². The highest BCUT2D eigenvalue weighted by Gasteiger charge is 2.21. The number of hydrogen-bond acceptors (Lipinski definition) is 4. The molecule has 3 rings (SSSR count). The number of nitrogens with zero attached hydrogens (tertiary/aromatic N) is 1. The fourth-order valence-corrected chi connectivity index (χ4v) is 4.38. The first-order valence-corrected chi connectivity index (χ1v) is 10.4. The maximum absolute atomic E-state index is 12.5. The fourth-order valence-electron chi connectivity index (χ4n) is 3.17. The van der Waals surface area contributed by atoms with Gasteiger partial charge in [0.2, 0.25) is 10.0 Å². The van der Waals surface area contributed by atoms with Crippen molar-refractivity contribution in [2.24, 2.45) is 0 Å². The van der Waals surface area contributed by atoms with Gasteiger partial charge >= 0.3 is 0 Å². The van der Waals surface area contributed by atoms with Gasteiger partial charge in [0.25, 0.3) is 5.91 Å². The van der Waals surface area contributed by atoms with Gasteiger partial charge in [-0.3, -0.25) is 4.79 Å². The van der Waals surface area contributed by atoms with Gasteiger partial charge in [0.15, 0.2) is 0 Å². The van der Waals surface area contributed by atoms with Crippen molar-refractivity contribution in [1.29, 1.82) is 0 Å². The van der Waals surface area contributed by atoms with E-state index in [0.29, 0.717) is 11.4 Å². The second kappa shape index (κ2) is 8.01. The van der Waals surface area contributed by atoms with Gasteiger partial charge in [0.1, 0.15) is 5.82 Å². The zero-order valence-electron chi connectivity index (χ0n) is 14.7. The van der Waals surface area contributed by atoms with Crippen molar-refractivity contribution in [2.75, 3.05) is 0 Å². The van der Waals surface area contributed by atoms with Crippen molar-refractivity contribution in [2.45, 2.75) is 56.0 Å². The lowest BCUT2D eigenvalue weighted by molar-refractivity contribution is 0.0927. The van der Waals surface area contributed by atoms with E-state index in [1.807, 2.05) is 0 Å². The van der Waals surface area contributed by atoms with Crippen LogP contribution in [0.2, 0.25) is 0 Å². The number of carbonyl (C=O) groups is 1. The van der Waals surface area contributed by atoms with Crippen LogP contribution < -0.4 is 10.0 Å². The Morgan fingerprint density at radius 1 is 1.19 bits per heavy atom. The Bertz CT molecular complexity index is 826. The van der Waals surface area contributed by atoms with E-state index in [-0.39, 0.29) is 16.8 Å². The number of benzene rings is 1. The molecule has 1 aromatic heterocycles. The number of amides is 1. The van der Waals surface area contributed by atoms with Crippen molar-refractivity contribution in [3.05, 3.63) is 48.0 Å². The molecule has 0 spiro atoms. The van der Waals surface area contributed by atoms with Crippen molar-refractivity contribution in [3.63, 3.8) is 0 Å². The second-order valence-electron chi connectivity index (χ2n) is 6.65. The maximum Gasteiger partial charge on any atom is 0.251 e. The van der Waals surface area contributed by atoms with Gasteiger partial charge in [0.05, 0.1) is 10.9 Å². The van der Waals surface area contributed by atoms with Crippen LogP contribution in [0, 0.1) is 0 Å². The quantitative estimate of drug-likeness (QED) is 0.720. The molecule has 0 aliphatic heterocycles. The Kier molecular flexibility index (Phi) is 5.73. The first-order chi connectivity index (χ1) is 12.5. The molecule has 2 aromatic rings. The van der Waals surface area contributed by atoms with Crippen LogP contribution in [0.3, 0.4) is 0 Å². The topological polar surface area (TPSA) is 104 Å². The van der Waals surface area contributed by atoms with Crippen LogP contribution in [-0.4, -0.2) is 30.3 Å². The van der Waals surface area contributed by atoms with Crippen molar-refractivity contribution in [1.82, 2.24) is 20.0 Å². The van der Waals surface area contributed by atoms with Gasteiger partial charge in [-0.25, -0.2) is 18.1 Å². The number of hydrogen-bond donors (Lipinski definition) is 3. The largest absolute Gasteiger partial charge is 0.349 e. The third-order valence-corrected chi connectivity index (χ3v) is 6.19. The smallest absolute Gasteiger partial charge is 0.251 e. The summed E-state index contributed by atoms with van der Waals surface area (Å²) in [5.74, 6) is 0.384. The average molecular weight is 376 g/mol. The Labute approximate surface area is 153 Å². The highest BCUT2D eigenvalue weighted by molar-refractivity contribution is 7.89. The molecule has 0 radical (unpaired) electrons. The van der Waals surface area contributed by atoms with Gasteiger partial charge < -0.3 is 10.3 Å². The molecule has 0 bridgehead atoms. The average Bonchev–Trinajstić information content (AvgIpc) is 3.17. The summed E-state index contributed by atoms with van der Waals surface area (Å²) in [6, 6.07) is 5.73. The molecule has 1 heterocycles. The Balaban J connectivity index is 1.65. The van der Waals surface area contributed by atoms with Crippen LogP contribution in [0.1, 0.15) is 61.3 Å². The van der Waals surface area contributed by atoms with Crippen LogP contribution in [0.25, 0.3) is 0 Å². The van der Waals surface area contributed by atoms with Crippen LogP contribution >= 0.6 is 0 Å². The molecule has 1 unspecified atom stereocenters. The standard InChI is InChI=1S/C18H24N4O3S/c1-13(17-19-11-12-20-17)22-26(24,25)16-9-7-14(8-10-16)18(23)21-15-5-3-2-4-6-15/h7-13,15,22H,2-6H2,1H3,(H,19,20)(H,21,23). The number of sulfonamides is 1. The summed E-state index contributed by atoms with van der Waals surface area (Å²) in [4.78, 5) is 19.4.